The van der Waals surface area contributed by atoms with Gasteiger partial charge in [-0.25, -0.2) is 14.4 Å². The summed E-state index contributed by atoms with van der Waals surface area (Å²) in [6.45, 7) is 0. The zero-order valence-corrected chi connectivity index (χ0v) is 9.10. The second-order valence-corrected chi connectivity index (χ2v) is 3.43. The summed E-state index contributed by atoms with van der Waals surface area (Å²) < 4.78 is 17.6. The molecule has 1 heterocycles. The minimum atomic E-state index is -0.553. The Hall–Kier alpha value is -1.37. The molecule has 0 spiro atoms. The van der Waals surface area contributed by atoms with Crippen molar-refractivity contribution in [3.05, 3.63) is 12.0 Å². The van der Waals surface area contributed by atoms with Crippen LogP contribution in [-0.2, 0) is 9.53 Å². The van der Waals surface area contributed by atoms with Crippen LogP contribution in [0.15, 0.2) is 11.2 Å². The van der Waals surface area contributed by atoms with Crippen LogP contribution in [0.1, 0.15) is 0 Å². The van der Waals surface area contributed by atoms with Crippen LogP contribution in [0.2, 0.25) is 0 Å². The molecule has 1 N–H and O–H groups in total. The fraction of sp³-hybridized carbons (Fsp3) is 0.375. The summed E-state index contributed by atoms with van der Waals surface area (Å²) in [4.78, 5) is 18.4. The molecular weight excluding hydrogens is 221 g/mol. The second-order valence-electron chi connectivity index (χ2n) is 2.46. The molecular formula is C8H10FN3O2S. The van der Waals surface area contributed by atoms with E-state index in [9.17, 15) is 9.18 Å². The normalized spacial score (nSPS) is 9.80. The first-order chi connectivity index (χ1) is 7.17. The zero-order valence-electron chi connectivity index (χ0n) is 8.28. The molecule has 0 aliphatic heterocycles. The molecule has 0 saturated carbocycles. The molecule has 1 aromatic rings. The fourth-order valence-electron chi connectivity index (χ4n) is 0.759. The summed E-state index contributed by atoms with van der Waals surface area (Å²) in [5, 5.41) is 2.80. The van der Waals surface area contributed by atoms with Crippen molar-refractivity contribution in [3.63, 3.8) is 0 Å². The van der Waals surface area contributed by atoms with Gasteiger partial charge in [-0.05, 0) is 0 Å². The van der Waals surface area contributed by atoms with E-state index in [1.165, 1.54) is 7.11 Å². The van der Waals surface area contributed by atoms with Crippen LogP contribution in [-0.4, -0.2) is 35.8 Å². The maximum atomic E-state index is 13.1. The summed E-state index contributed by atoms with van der Waals surface area (Å²) in [7, 11) is 2.90. The highest BCUT2D eigenvalue weighted by atomic mass is 32.2. The lowest BCUT2D eigenvalue weighted by atomic mass is 10.6. The third-order valence-electron chi connectivity index (χ3n) is 1.49. The van der Waals surface area contributed by atoms with Gasteiger partial charge < -0.3 is 10.1 Å². The van der Waals surface area contributed by atoms with E-state index in [1.807, 2.05) is 0 Å². The fourth-order valence-corrected chi connectivity index (χ4v) is 1.47. The number of halogens is 1. The Morgan fingerprint density at radius 1 is 1.73 bits per heavy atom. The smallest absolute Gasteiger partial charge is 0.316 e. The molecule has 0 atom stereocenters. The number of nitrogens with one attached hydrogen (secondary N) is 1. The highest BCUT2D eigenvalue weighted by Gasteiger charge is 2.09. The molecule has 0 amide bonds. The number of esters is 1. The number of hydrogen-bond donors (Lipinski definition) is 1. The molecule has 0 fully saturated rings. The number of ether oxygens (including phenoxy) is 1. The summed E-state index contributed by atoms with van der Waals surface area (Å²) in [5.41, 5.74) is 0. The van der Waals surface area contributed by atoms with E-state index in [4.69, 9.17) is 0 Å². The van der Waals surface area contributed by atoms with Gasteiger partial charge in [0.1, 0.15) is 5.03 Å². The van der Waals surface area contributed by atoms with Crippen LogP contribution in [0.4, 0.5) is 10.3 Å². The molecule has 0 unspecified atom stereocenters. The molecule has 5 nitrogen and oxygen atoms in total. The van der Waals surface area contributed by atoms with Gasteiger partial charge in [0.15, 0.2) is 5.82 Å². The Kier molecular flexibility index (Phi) is 4.29. The van der Waals surface area contributed by atoms with Crippen molar-refractivity contribution < 1.29 is 13.9 Å². The molecule has 0 bridgehead atoms. The number of methoxy groups -OCH3 is 1. The van der Waals surface area contributed by atoms with Crippen molar-refractivity contribution >= 4 is 23.7 Å². The van der Waals surface area contributed by atoms with Gasteiger partial charge >= 0.3 is 5.97 Å². The third-order valence-corrected chi connectivity index (χ3v) is 2.43. The first kappa shape index (κ1) is 11.7. The number of hydrogen-bond acceptors (Lipinski definition) is 6. The number of carbonyl (C=O) groups is 1. The molecule has 0 radical (unpaired) electrons. The number of anilines is 1. The molecule has 1 aromatic heterocycles. The standard InChI is InChI=1S/C8H10FN3O2S/c1-10-8-11-3-5(9)7(12-8)15-4-6(13)14-2/h3H,4H2,1-2H3,(H,10,11,12). The van der Waals surface area contributed by atoms with Gasteiger partial charge in [-0.1, -0.05) is 11.8 Å². The van der Waals surface area contributed by atoms with Gasteiger partial charge in [0, 0.05) is 7.05 Å². The Bertz CT molecular complexity index is 362. The van der Waals surface area contributed by atoms with Gasteiger partial charge in [-0.3, -0.25) is 4.79 Å². The van der Waals surface area contributed by atoms with E-state index in [2.05, 4.69) is 20.0 Å². The minimum absolute atomic E-state index is 0.0214. The third kappa shape index (κ3) is 3.35. The van der Waals surface area contributed by atoms with Gasteiger partial charge in [0.25, 0.3) is 0 Å². The Morgan fingerprint density at radius 2 is 2.47 bits per heavy atom. The van der Waals surface area contributed by atoms with Crippen LogP contribution in [0.3, 0.4) is 0 Å². The highest BCUT2D eigenvalue weighted by Crippen LogP contribution is 2.19. The highest BCUT2D eigenvalue weighted by molar-refractivity contribution is 7.99. The van der Waals surface area contributed by atoms with Crippen LogP contribution in [0.5, 0.6) is 0 Å². The van der Waals surface area contributed by atoms with Gasteiger partial charge in [-0.15, -0.1) is 0 Å². The first-order valence-corrected chi connectivity index (χ1v) is 5.06. The average Bonchev–Trinajstić information content (AvgIpc) is 2.27. The van der Waals surface area contributed by atoms with E-state index in [0.29, 0.717) is 5.95 Å². The van der Waals surface area contributed by atoms with Crippen LogP contribution in [0, 0.1) is 5.82 Å². The van der Waals surface area contributed by atoms with Crippen LogP contribution >= 0.6 is 11.8 Å². The van der Waals surface area contributed by atoms with Crippen molar-refractivity contribution in [2.75, 3.05) is 25.2 Å². The monoisotopic (exact) mass is 231 g/mol. The Labute approximate surface area is 90.4 Å². The molecule has 7 heteroatoms. The number of rotatable bonds is 4. The summed E-state index contributed by atoms with van der Waals surface area (Å²) in [5.74, 6) is -0.649. The maximum Gasteiger partial charge on any atom is 0.316 e. The molecule has 0 aromatic carbocycles. The predicted octanol–water partition coefficient (Wildman–Crippen LogP) is 0.922. The summed E-state index contributed by atoms with van der Waals surface area (Å²) in [6.07, 6.45) is 1.05. The predicted molar refractivity (Wildman–Crippen MR) is 54.3 cm³/mol. The molecule has 1 rings (SSSR count). The average molecular weight is 231 g/mol. The summed E-state index contributed by atoms with van der Waals surface area (Å²) in [6, 6.07) is 0. The largest absolute Gasteiger partial charge is 0.468 e. The van der Waals surface area contributed by atoms with E-state index >= 15 is 0 Å². The quantitative estimate of drug-likeness (QED) is 0.472. The topological polar surface area (TPSA) is 64.1 Å². The lowest BCUT2D eigenvalue weighted by Gasteiger charge is -2.03. The molecule has 15 heavy (non-hydrogen) atoms. The van der Waals surface area contributed by atoms with Crippen LogP contribution < -0.4 is 5.32 Å². The lowest BCUT2D eigenvalue weighted by molar-refractivity contribution is -0.137. The van der Waals surface area contributed by atoms with Gasteiger partial charge in [0.05, 0.1) is 19.1 Å². The van der Waals surface area contributed by atoms with Crippen molar-refractivity contribution in [2.45, 2.75) is 5.03 Å². The number of thioether (sulfide) groups is 1. The van der Waals surface area contributed by atoms with E-state index in [0.717, 1.165) is 18.0 Å². The first-order valence-electron chi connectivity index (χ1n) is 4.07. The molecule has 82 valence electrons. The maximum absolute atomic E-state index is 13.1. The van der Waals surface area contributed by atoms with Crippen molar-refractivity contribution in [1.29, 1.82) is 0 Å². The number of carbonyl (C=O) groups excluding carboxylic acids is 1. The number of aromatic nitrogens is 2. The SMILES string of the molecule is CNc1ncc(F)c(SCC(=O)OC)n1. The molecule has 0 aliphatic carbocycles. The molecule has 0 aliphatic rings. The van der Waals surface area contributed by atoms with E-state index in [-0.39, 0.29) is 10.8 Å². The molecule has 0 saturated heterocycles. The van der Waals surface area contributed by atoms with Crippen molar-refractivity contribution in [3.8, 4) is 0 Å². The van der Waals surface area contributed by atoms with Crippen LogP contribution in [0.25, 0.3) is 0 Å². The second kappa shape index (κ2) is 5.50. The van der Waals surface area contributed by atoms with Crippen molar-refractivity contribution in [1.82, 2.24) is 9.97 Å². The minimum Gasteiger partial charge on any atom is -0.468 e. The van der Waals surface area contributed by atoms with E-state index < -0.39 is 11.8 Å². The lowest BCUT2D eigenvalue weighted by Crippen LogP contribution is -2.05. The van der Waals surface area contributed by atoms with E-state index in [1.54, 1.807) is 7.05 Å². The van der Waals surface area contributed by atoms with Crippen molar-refractivity contribution in [2.24, 2.45) is 0 Å². The summed E-state index contributed by atoms with van der Waals surface area (Å²) >= 11 is 0.969. The zero-order chi connectivity index (χ0) is 11.3. The Morgan fingerprint density at radius 3 is 3.07 bits per heavy atom. The van der Waals surface area contributed by atoms with Gasteiger partial charge in [-0.2, -0.15) is 0 Å². The Balaban J connectivity index is 2.70. The van der Waals surface area contributed by atoms with Gasteiger partial charge in [0.2, 0.25) is 5.95 Å². The number of nitrogens with zero attached hydrogens (tertiary/aromatic N) is 2.